The maximum Gasteiger partial charge on any atom is 0.269 e. The van der Waals surface area contributed by atoms with Crippen LogP contribution in [0.15, 0.2) is 24.3 Å². The van der Waals surface area contributed by atoms with Gasteiger partial charge in [-0.3, -0.25) is 15.4 Å². The normalized spacial score (nSPS) is 11.8. The highest BCUT2D eigenvalue weighted by Crippen LogP contribution is 2.18. The maximum absolute atomic E-state index is 10.6. The highest BCUT2D eigenvalue weighted by atomic mass is 16.6. The largest absolute Gasteiger partial charge is 0.298 e. The number of non-ortho nitro benzene ring substituents is 1. The molecule has 16 heavy (non-hydrogen) atoms. The fourth-order valence-electron chi connectivity index (χ4n) is 1.34. The second kappa shape index (κ2) is 5.83. The van der Waals surface area contributed by atoms with Gasteiger partial charge in [0.15, 0.2) is 0 Å². The topological polar surface area (TPSA) is 79.0 Å². The fourth-order valence-corrected chi connectivity index (χ4v) is 1.34. The minimum Gasteiger partial charge on any atom is -0.298 e. The molecule has 0 amide bonds. The van der Waals surface area contributed by atoms with Crippen LogP contribution in [0.1, 0.15) is 24.9 Å². The van der Waals surface area contributed by atoms with Crippen molar-refractivity contribution in [1.29, 1.82) is 5.26 Å². The van der Waals surface area contributed by atoms with Crippen LogP contribution in [0.25, 0.3) is 0 Å². The summed E-state index contributed by atoms with van der Waals surface area (Å²) in [7, 11) is 0. The molecule has 1 atom stereocenters. The van der Waals surface area contributed by atoms with E-state index >= 15 is 0 Å². The third-order valence-electron chi connectivity index (χ3n) is 2.14. The van der Waals surface area contributed by atoms with Gasteiger partial charge in [-0.05, 0) is 18.5 Å². The van der Waals surface area contributed by atoms with Crippen molar-refractivity contribution in [3.8, 4) is 6.07 Å². The first kappa shape index (κ1) is 12.1. The van der Waals surface area contributed by atoms with Gasteiger partial charge < -0.3 is 0 Å². The molecule has 5 heteroatoms. The number of benzene rings is 1. The Morgan fingerprint density at radius 1 is 1.62 bits per heavy atom. The smallest absolute Gasteiger partial charge is 0.269 e. The zero-order valence-electron chi connectivity index (χ0n) is 9.01. The molecule has 0 saturated carbocycles. The standard InChI is InChI=1S/C11H13N3O2/c1-2-6-13-11(8-12)9-4-3-5-10(7-9)14(15)16/h3-5,7,11,13H,2,6H2,1H3. The molecule has 0 aliphatic heterocycles. The third kappa shape index (κ3) is 3.04. The fraction of sp³-hybridized carbons (Fsp3) is 0.364. The Kier molecular flexibility index (Phi) is 4.42. The first-order chi connectivity index (χ1) is 7.69. The van der Waals surface area contributed by atoms with Gasteiger partial charge in [-0.2, -0.15) is 5.26 Å². The minimum absolute atomic E-state index is 0.0102. The molecule has 5 nitrogen and oxygen atoms in total. The highest BCUT2D eigenvalue weighted by Gasteiger charge is 2.13. The molecule has 0 aliphatic rings. The Labute approximate surface area is 93.9 Å². The number of nitrogens with zero attached hydrogens (tertiary/aromatic N) is 2. The van der Waals surface area contributed by atoms with Crippen LogP contribution in [-0.4, -0.2) is 11.5 Å². The van der Waals surface area contributed by atoms with Crippen molar-refractivity contribution in [3.63, 3.8) is 0 Å². The lowest BCUT2D eigenvalue weighted by Crippen LogP contribution is -2.20. The summed E-state index contributed by atoms with van der Waals surface area (Å²) in [5, 5.41) is 22.6. The Balaban J connectivity index is 2.89. The van der Waals surface area contributed by atoms with E-state index in [1.54, 1.807) is 12.1 Å². The van der Waals surface area contributed by atoms with Crippen molar-refractivity contribution in [3.05, 3.63) is 39.9 Å². The summed E-state index contributed by atoms with van der Waals surface area (Å²) in [5.41, 5.74) is 0.640. The van der Waals surface area contributed by atoms with E-state index in [1.165, 1.54) is 12.1 Å². The van der Waals surface area contributed by atoms with Gasteiger partial charge in [0.2, 0.25) is 0 Å². The second-order valence-corrected chi connectivity index (χ2v) is 3.37. The first-order valence-electron chi connectivity index (χ1n) is 5.06. The molecule has 0 heterocycles. The molecular weight excluding hydrogens is 206 g/mol. The number of nitro groups is 1. The van der Waals surface area contributed by atoms with Gasteiger partial charge in [-0.25, -0.2) is 0 Å². The van der Waals surface area contributed by atoms with E-state index < -0.39 is 11.0 Å². The molecule has 0 spiro atoms. The molecule has 0 aromatic heterocycles. The monoisotopic (exact) mass is 219 g/mol. The molecule has 0 aliphatic carbocycles. The molecular formula is C11H13N3O2. The van der Waals surface area contributed by atoms with Crippen LogP contribution < -0.4 is 5.32 Å². The predicted molar refractivity (Wildman–Crippen MR) is 59.7 cm³/mol. The number of nitrogens with one attached hydrogen (secondary N) is 1. The van der Waals surface area contributed by atoms with Crippen LogP contribution >= 0.6 is 0 Å². The van der Waals surface area contributed by atoms with Gasteiger partial charge in [-0.1, -0.05) is 19.1 Å². The molecule has 1 unspecified atom stereocenters. The Morgan fingerprint density at radius 2 is 2.38 bits per heavy atom. The predicted octanol–water partition coefficient (Wildman–Crippen LogP) is 2.16. The summed E-state index contributed by atoms with van der Waals surface area (Å²) in [4.78, 5) is 10.1. The van der Waals surface area contributed by atoms with Crippen LogP contribution in [0.2, 0.25) is 0 Å². The summed E-state index contributed by atoms with van der Waals surface area (Å²) in [6, 6.07) is 7.74. The number of rotatable bonds is 5. The van der Waals surface area contributed by atoms with Crippen molar-refractivity contribution >= 4 is 5.69 Å². The summed E-state index contributed by atoms with van der Waals surface area (Å²) in [5.74, 6) is 0. The number of nitriles is 1. The lowest BCUT2D eigenvalue weighted by molar-refractivity contribution is -0.384. The second-order valence-electron chi connectivity index (χ2n) is 3.37. The summed E-state index contributed by atoms with van der Waals surface area (Å²) < 4.78 is 0. The van der Waals surface area contributed by atoms with Gasteiger partial charge in [0.25, 0.3) is 5.69 Å². The van der Waals surface area contributed by atoms with Crippen LogP contribution in [0, 0.1) is 21.4 Å². The van der Waals surface area contributed by atoms with Crippen LogP contribution in [0.5, 0.6) is 0 Å². The summed E-state index contributed by atoms with van der Waals surface area (Å²) >= 11 is 0. The Hall–Kier alpha value is -1.93. The quantitative estimate of drug-likeness (QED) is 0.608. The van der Waals surface area contributed by atoms with Gasteiger partial charge in [-0.15, -0.1) is 0 Å². The first-order valence-corrected chi connectivity index (χ1v) is 5.06. The number of nitro benzene ring substituents is 1. The molecule has 1 aromatic carbocycles. The van der Waals surface area contributed by atoms with E-state index in [0.717, 1.165) is 6.42 Å². The lowest BCUT2D eigenvalue weighted by atomic mass is 10.1. The molecule has 1 N–H and O–H groups in total. The van der Waals surface area contributed by atoms with Crippen molar-refractivity contribution < 1.29 is 4.92 Å². The van der Waals surface area contributed by atoms with Crippen molar-refractivity contribution in [1.82, 2.24) is 5.32 Å². The van der Waals surface area contributed by atoms with Crippen LogP contribution in [0.4, 0.5) is 5.69 Å². The van der Waals surface area contributed by atoms with Crippen LogP contribution in [0.3, 0.4) is 0 Å². The number of hydrogen-bond acceptors (Lipinski definition) is 4. The highest BCUT2D eigenvalue weighted by molar-refractivity contribution is 5.37. The van der Waals surface area contributed by atoms with Gasteiger partial charge in [0, 0.05) is 12.1 Å². The Morgan fingerprint density at radius 3 is 2.94 bits per heavy atom. The van der Waals surface area contributed by atoms with Crippen molar-refractivity contribution in [2.24, 2.45) is 0 Å². The van der Waals surface area contributed by atoms with E-state index in [1.807, 2.05) is 6.92 Å². The van der Waals surface area contributed by atoms with Gasteiger partial charge in [0.05, 0.1) is 11.0 Å². The summed E-state index contributed by atoms with van der Waals surface area (Å²) in [6.07, 6.45) is 0.910. The van der Waals surface area contributed by atoms with Gasteiger partial charge >= 0.3 is 0 Å². The van der Waals surface area contributed by atoms with Crippen molar-refractivity contribution in [2.75, 3.05) is 6.54 Å². The zero-order chi connectivity index (χ0) is 12.0. The zero-order valence-corrected chi connectivity index (χ0v) is 9.01. The minimum atomic E-state index is -0.486. The molecule has 0 bridgehead atoms. The van der Waals surface area contributed by atoms with Crippen molar-refractivity contribution in [2.45, 2.75) is 19.4 Å². The maximum atomic E-state index is 10.6. The molecule has 1 aromatic rings. The molecule has 84 valence electrons. The molecule has 1 rings (SSSR count). The van der Waals surface area contributed by atoms with Gasteiger partial charge in [0.1, 0.15) is 6.04 Å². The van der Waals surface area contributed by atoms with E-state index in [0.29, 0.717) is 12.1 Å². The van der Waals surface area contributed by atoms with E-state index in [9.17, 15) is 10.1 Å². The van der Waals surface area contributed by atoms with E-state index in [2.05, 4.69) is 11.4 Å². The average Bonchev–Trinajstić information content (AvgIpc) is 2.30. The lowest BCUT2D eigenvalue weighted by Gasteiger charge is -2.10. The number of hydrogen-bond donors (Lipinski definition) is 1. The molecule has 0 fully saturated rings. The summed E-state index contributed by atoms with van der Waals surface area (Å²) in [6.45, 7) is 2.70. The average molecular weight is 219 g/mol. The third-order valence-corrected chi connectivity index (χ3v) is 2.14. The molecule has 0 saturated heterocycles. The van der Waals surface area contributed by atoms with Crippen LogP contribution in [-0.2, 0) is 0 Å². The molecule has 0 radical (unpaired) electrons. The SMILES string of the molecule is CCCNC(C#N)c1cccc([N+](=O)[O-])c1. The van der Waals surface area contributed by atoms with E-state index in [4.69, 9.17) is 5.26 Å². The van der Waals surface area contributed by atoms with E-state index in [-0.39, 0.29) is 5.69 Å². The Bertz CT molecular complexity index is 412.